The zero-order valence-corrected chi connectivity index (χ0v) is 12.3. The number of thiophene rings is 1. The van der Waals surface area contributed by atoms with Gasteiger partial charge in [0.25, 0.3) is 0 Å². The number of carbonyl (C=O) groups is 1. The number of aliphatic hydroxyl groups is 1. The van der Waals surface area contributed by atoms with Crippen LogP contribution >= 0.6 is 11.3 Å². The van der Waals surface area contributed by atoms with Crippen LogP contribution in [0.2, 0.25) is 0 Å². The van der Waals surface area contributed by atoms with Crippen LogP contribution < -0.4 is 5.32 Å². The van der Waals surface area contributed by atoms with Gasteiger partial charge in [-0.1, -0.05) is 6.07 Å². The van der Waals surface area contributed by atoms with Crippen molar-refractivity contribution in [3.8, 4) is 0 Å². The monoisotopic (exact) mass is 293 g/mol. The summed E-state index contributed by atoms with van der Waals surface area (Å²) in [6, 6.07) is 7.50. The Morgan fingerprint density at radius 1 is 1.45 bits per heavy atom. The second-order valence-corrected chi connectivity index (χ2v) is 5.99. The third-order valence-electron chi connectivity index (χ3n) is 3.09. The number of amides is 1. The van der Waals surface area contributed by atoms with E-state index in [4.69, 9.17) is 4.42 Å². The first-order valence-electron chi connectivity index (χ1n) is 6.63. The number of aryl methyl sites for hydroxylation is 1. The lowest BCUT2D eigenvalue weighted by Gasteiger charge is -2.21. The molecule has 0 spiro atoms. The lowest BCUT2D eigenvalue weighted by molar-refractivity contribution is -0.122. The molecule has 1 atom stereocenters. The molecule has 0 aliphatic carbocycles. The summed E-state index contributed by atoms with van der Waals surface area (Å²) in [5.41, 5.74) is -1.17. The Bertz CT molecular complexity index is 517. The molecule has 20 heavy (non-hydrogen) atoms. The van der Waals surface area contributed by atoms with Gasteiger partial charge >= 0.3 is 0 Å². The van der Waals surface area contributed by atoms with E-state index < -0.39 is 5.60 Å². The number of hydrogen-bond donors (Lipinski definition) is 2. The van der Waals surface area contributed by atoms with Crippen LogP contribution in [0.4, 0.5) is 0 Å². The van der Waals surface area contributed by atoms with Crippen LogP contribution in [0.25, 0.3) is 0 Å². The Balaban J connectivity index is 1.69. The number of rotatable bonds is 7. The molecule has 4 nitrogen and oxygen atoms in total. The van der Waals surface area contributed by atoms with E-state index in [1.807, 2.05) is 11.4 Å². The number of furan rings is 1. The highest BCUT2D eigenvalue weighted by Gasteiger charge is 2.26. The maximum atomic E-state index is 11.7. The minimum absolute atomic E-state index is 0.0478. The molecule has 0 fully saturated rings. The fourth-order valence-electron chi connectivity index (χ4n) is 1.91. The van der Waals surface area contributed by atoms with E-state index in [1.54, 1.807) is 30.4 Å². The summed E-state index contributed by atoms with van der Waals surface area (Å²) in [6.45, 7) is 1.77. The first-order chi connectivity index (χ1) is 9.58. The van der Waals surface area contributed by atoms with Gasteiger partial charge in [0.2, 0.25) is 5.91 Å². The summed E-state index contributed by atoms with van der Waals surface area (Å²) in [5.74, 6) is 0.407. The van der Waals surface area contributed by atoms with Crippen molar-refractivity contribution in [2.75, 3.05) is 6.54 Å². The van der Waals surface area contributed by atoms with Crippen LogP contribution in [0, 0.1) is 0 Å². The second kappa shape index (κ2) is 6.72. The summed E-state index contributed by atoms with van der Waals surface area (Å²) in [5, 5.41) is 15.0. The molecule has 108 valence electrons. The number of nitrogens with one attached hydrogen (secondary N) is 1. The van der Waals surface area contributed by atoms with Gasteiger partial charge in [-0.2, -0.15) is 0 Å². The van der Waals surface area contributed by atoms with Crippen molar-refractivity contribution in [3.63, 3.8) is 0 Å². The quantitative estimate of drug-likeness (QED) is 0.825. The summed E-state index contributed by atoms with van der Waals surface area (Å²) in [4.78, 5) is 13.0. The van der Waals surface area contributed by atoms with Crippen LogP contribution in [0.1, 0.15) is 30.4 Å². The van der Waals surface area contributed by atoms with Crippen molar-refractivity contribution in [1.82, 2.24) is 5.32 Å². The minimum atomic E-state index is -1.17. The first kappa shape index (κ1) is 14.8. The third-order valence-corrected chi connectivity index (χ3v) is 4.03. The average Bonchev–Trinajstić information content (AvgIpc) is 3.09. The summed E-state index contributed by atoms with van der Waals surface area (Å²) >= 11 is 1.71. The Labute approximate surface area is 122 Å². The summed E-state index contributed by atoms with van der Waals surface area (Å²) in [7, 11) is 0. The molecule has 2 heterocycles. The van der Waals surface area contributed by atoms with Crippen molar-refractivity contribution >= 4 is 17.2 Å². The van der Waals surface area contributed by atoms with Gasteiger partial charge in [-0.05, 0) is 43.3 Å². The smallest absolute Gasteiger partial charge is 0.220 e. The zero-order chi connectivity index (χ0) is 14.4. The van der Waals surface area contributed by atoms with Gasteiger partial charge in [0.15, 0.2) is 0 Å². The van der Waals surface area contributed by atoms with Gasteiger partial charge < -0.3 is 14.8 Å². The van der Waals surface area contributed by atoms with E-state index in [2.05, 4.69) is 11.4 Å². The summed E-state index contributed by atoms with van der Waals surface area (Å²) < 4.78 is 5.16. The highest BCUT2D eigenvalue weighted by molar-refractivity contribution is 7.09. The highest BCUT2D eigenvalue weighted by atomic mass is 32.1. The van der Waals surface area contributed by atoms with Crippen LogP contribution in [0.3, 0.4) is 0 Å². The van der Waals surface area contributed by atoms with Gasteiger partial charge in [0, 0.05) is 11.3 Å². The normalized spacial score (nSPS) is 13.9. The third kappa shape index (κ3) is 4.21. The maximum absolute atomic E-state index is 11.7. The van der Waals surface area contributed by atoms with Crippen molar-refractivity contribution in [1.29, 1.82) is 0 Å². The van der Waals surface area contributed by atoms with Crippen LogP contribution in [-0.2, 0) is 16.8 Å². The Morgan fingerprint density at radius 3 is 2.95 bits per heavy atom. The van der Waals surface area contributed by atoms with Crippen LogP contribution in [0.5, 0.6) is 0 Å². The van der Waals surface area contributed by atoms with Gasteiger partial charge in [-0.15, -0.1) is 11.3 Å². The molecule has 2 aromatic rings. The molecule has 5 heteroatoms. The fourth-order valence-corrected chi connectivity index (χ4v) is 2.66. The van der Waals surface area contributed by atoms with E-state index in [9.17, 15) is 9.90 Å². The molecule has 0 saturated heterocycles. The molecule has 2 N–H and O–H groups in total. The topological polar surface area (TPSA) is 62.5 Å². The molecule has 1 unspecified atom stereocenters. The minimum Gasteiger partial charge on any atom is -0.466 e. The molecular weight excluding hydrogens is 274 g/mol. The molecule has 0 aliphatic heterocycles. The van der Waals surface area contributed by atoms with Crippen LogP contribution in [-0.4, -0.2) is 17.6 Å². The lowest BCUT2D eigenvalue weighted by Crippen LogP contribution is -2.38. The van der Waals surface area contributed by atoms with E-state index >= 15 is 0 Å². The standard InChI is InChI=1S/C15H19NO3S/c1-15(18,13-7-3-9-19-13)11-16-14(17)8-2-5-12-6-4-10-20-12/h3-4,6-7,9-10,18H,2,5,8,11H2,1H3,(H,16,17). The highest BCUT2D eigenvalue weighted by Crippen LogP contribution is 2.19. The molecule has 0 aromatic carbocycles. The predicted molar refractivity (Wildman–Crippen MR) is 78.5 cm³/mol. The molecule has 0 aliphatic rings. The molecule has 0 saturated carbocycles. The maximum Gasteiger partial charge on any atom is 0.220 e. The van der Waals surface area contributed by atoms with E-state index in [1.165, 1.54) is 11.1 Å². The van der Waals surface area contributed by atoms with E-state index in [0.717, 1.165) is 12.8 Å². The molecule has 2 rings (SSSR count). The van der Waals surface area contributed by atoms with E-state index in [-0.39, 0.29) is 12.5 Å². The van der Waals surface area contributed by atoms with Crippen molar-refractivity contribution in [2.45, 2.75) is 31.8 Å². The van der Waals surface area contributed by atoms with Gasteiger partial charge in [0.1, 0.15) is 11.4 Å². The SMILES string of the molecule is CC(O)(CNC(=O)CCCc1cccs1)c1ccco1. The van der Waals surface area contributed by atoms with Gasteiger partial charge in [0.05, 0.1) is 12.8 Å². The molecule has 0 bridgehead atoms. The van der Waals surface area contributed by atoms with Gasteiger partial charge in [-0.3, -0.25) is 4.79 Å². The van der Waals surface area contributed by atoms with E-state index in [0.29, 0.717) is 12.2 Å². The van der Waals surface area contributed by atoms with Crippen LogP contribution in [0.15, 0.2) is 40.3 Å². The molecule has 2 aromatic heterocycles. The summed E-state index contributed by atoms with van der Waals surface area (Å²) in [6.07, 6.45) is 3.70. The predicted octanol–water partition coefficient (Wildman–Crippen LogP) is 2.69. The molecule has 0 radical (unpaired) electrons. The molecule has 1 amide bonds. The Kier molecular flexibility index (Phi) is 4.98. The fraction of sp³-hybridized carbons (Fsp3) is 0.400. The van der Waals surface area contributed by atoms with Crippen molar-refractivity contribution in [2.24, 2.45) is 0 Å². The average molecular weight is 293 g/mol. The Morgan fingerprint density at radius 2 is 2.30 bits per heavy atom. The van der Waals surface area contributed by atoms with Crippen molar-refractivity contribution < 1.29 is 14.3 Å². The zero-order valence-electron chi connectivity index (χ0n) is 11.5. The number of carbonyl (C=O) groups excluding carboxylic acids is 1. The number of hydrogen-bond acceptors (Lipinski definition) is 4. The lowest BCUT2D eigenvalue weighted by atomic mass is 10.0. The molecular formula is C15H19NO3S. The first-order valence-corrected chi connectivity index (χ1v) is 7.51. The largest absolute Gasteiger partial charge is 0.466 e. The Hall–Kier alpha value is -1.59. The second-order valence-electron chi connectivity index (χ2n) is 4.96. The van der Waals surface area contributed by atoms with Gasteiger partial charge in [-0.25, -0.2) is 0 Å². The van der Waals surface area contributed by atoms with Crippen molar-refractivity contribution in [3.05, 3.63) is 46.5 Å².